The van der Waals surface area contributed by atoms with E-state index in [-0.39, 0.29) is 45.3 Å². The molecule has 0 spiro atoms. The molecule has 3 aromatic rings. The van der Waals surface area contributed by atoms with Gasteiger partial charge in [0, 0.05) is 0 Å². The predicted molar refractivity (Wildman–Crippen MR) is 113 cm³/mol. The molecule has 0 N–H and O–H groups in total. The Bertz CT molecular complexity index is 1280. The van der Waals surface area contributed by atoms with Crippen molar-refractivity contribution in [1.82, 2.24) is 0 Å². The number of hydrogen-bond acceptors (Lipinski definition) is 7. The van der Waals surface area contributed by atoms with Crippen LogP contribution in [0, 0.1) is 6.92 Å². The molecule has 4 rings (SSSR count). The molecule has 0 saturated carbocycles. The zero-order chi connectivity index (χ0) is 23.0. The van der Waals surface area contributed by atoms with Crippen LogP contribution >= 0.6 is 11.6 Å². The molecule has 0 fully saturated rings. The average Bonchev–Trinajstić information content (AvgIpc) is 3.28. The van der Waals surface area contributed by atoms with E-state index >= 15 is 0 Å². The molecule has 0 radical (unpaired) electrons. The van der Waals surface area contributed by atoms with Gasteiger partial charge in [0.25, 0.3) is 11.8 Å². The molecular formula is C23H16ClNO7. The van der Waals surface area contributed by atoms with E-state index in [1.165, 1.54) is 31.4 Å². The second kappa shape index (κ2) is 8.32. The lowest BCUT2D eigenvalue weighted by Crippen LogP contribution is -2.29. The largest absolute Gasteiger partial charge is 0.465 e. The van der Waals surface area contributed by atoms with Crippen LogP contribution in [0.4, 0.5) is 5.69 Å². The van der Waals surface area contributed by atoms with Crippen molar-refractivity contribution in [2.75, 3.05) is 12.0 Å². The molecule has 2 aromatic carbocycles. The Hall–Kier alpha value is -3.91. The number of amides is 2. The van der Waals surface area contributed by atoms with Crippen LogP contribution in [0.3, 0.4) is 0 Å². The number of methoxy groups -OCH3 is 1. The fourth-order valence-electron chi connectivity index (χ4n) is 3.37. The molecular weight excluding hydrogens is 438 g/mol. The Morgan fingerprint density at radius 3 is 2.44 bits per heavy atom. The molecule has 2 heterocycles. The summed E-state index contributed by atoms with van der Waals surface area (Å²) in [6.07, 6.45) is 0. The normalized spacial score (nSPS) is 12.7. The van der Waals surface area contributed by atoms with Crippen LogP contribution in [0.2, 0.25) is 5.02 Å². The van der Waals surface area contributed by atoms with Gasteiger partial charge in [-0.3, -0.25) is 9.59 Å². The van der Waals surface area contributed by atoms with Gasteiger partial charge in [-0.2, -0.15) is 0 Å². The van der Waals surface area contributed by atoms with Gasteiger partial charge >= 0.3 is 11.9 Å². The number of halogens is 1. The number of para-hydroxylation sites is 1. The average molecular weight is 454 g/mol. The summed E-state index contributed by atoms with van der Waals surface area (Å²) in [6, 6.07) is 12.0. The first kappa shape index (κ1) is 21.3. The quantitative estimate of drug-likeness (QED) is 0.421. The molecule has 1 aliphatic rings. The van der Waals surface area contributed by atoms with Crippen molar-refractivity contribution in [3.05, 3.63) is 87.3 Å². The first-order chi connectivity index (χ1) is 15.3. The molecule has 0 atom stereocenters. The van der Waals surface area contributed by atoms with Crippen LogP contribution in [-0.4, -0.2) is 30.9 Å². The lowest BCUT2D eigenvalue weighted by molar-refractivity contribution is 0.0443. The van der Waals surface area contributed by atoms with Crippen LogP contribution in [0.15, 0.2) is 52.9 Å². The Morgan fingerprint density at radius 1 is 1.00 bits per heavy atom. The Kier molecular flexibility index (Phi) is 5.54. The highest BCUT2D eigenvalue weighted by molar-refractivity contribution is 6.39. The van der Waals surface area contributed by atoms with E-state index in [0.29, 0.717) is 5.76 Å². The highest BCUT2D eigenvalue weighted by atomic mass is 35.5. The third-order valence-electron chi connectivity index (χ3n) is 4.94. The lowest BCUT2D eigenvalue weighted by atomic mass is 10.1. The van der Waals surface area contributed by atoms with E-state index in [1.54, 1.807) is 31.2 Å². The summed E-state index contributed by atoms with van der Waals surface area (Å²) in [5.41, 5.74) is 0.823. The van der Waals surface area contributed by atoms with Gasteiger partial charge in [0.1, 0.15) is 23.7 Å². The maximum absolute atomic E-state index is 12.9. The Balaban J connectivity index is 1.53. The first-order valence-corrected chi connectivity index (χ1v) is 9.81. The van der Waals surface area contributed by atoms with E-state index in [0.717, 1.165) is 4.90 Å². The molecule has 8 nitrogen and oxygen atoms in total. The number of carbonyl (C=O) groups excluding carboxylic acids is 4. The highest BCUT2D eigenvalue weighted by Gasteiger charge is 2.38. The summed E-state index contributed by atoms with van der Waals surface area (Å²) in [5.74, 6) is -1.80. The number of aryl methyl sites for hydroxylation is 1. The maximum atomic E-state index is 12.9. The van der Waals surface area contributed by atoms with Crippen LogP contribution in [0.25, 0.3) is 0 Å². The molecule has 0 aliphatic carbocycles. The van der Waals surface area contributed by atoms with Crippen molar-refractivity contribution in [3.8, 4) is 0 Å². The van der Waals surface area contributed by atoms with Gasteiger partial charge in [-0.1, -0.05) is 23.7 Å². The number of rotatable bonds is 5. The van der Waals surface area contributed by atoms with Crippen molar-refractivity contribution in [1.29, 1.82) is 0 Å². The van der Waals surface area contributed by atoms with Gasteiger partial charge in [0.15, 0.2) is 0 Å². The summed E-state index contributed by atoms with van der Waals surface area (Å²) < 4.78 is 15.3. The van der Waals surface area contributed by atoms with Crippen molar-refractivity contribution in [2.45, 2.75) is 13.5 Å². The number of fused-ring (bicyclic) bond motifs is 1. The third kappa shape index (κ3) is 3.65. The molecule has 9 heteroatoms. The van der Waals surface area contributed by atoms with Crippen molar-refractivity contribution in [3.63, 3.8) is 0 Å². The number of ether oxygens (including phenoxy) is 2. The molecule has 162 valence electrons. The molecule has 0 bridgehead atoms. The van der Waals surface area contributed by atoms with Crippen molar-refractivity contribution < 1.29 is 33.1 Å². The van der Waals surface area contributed by atoms with Gasteiger partial charge in [0.05, 0.1) is 34.5 Å². The number of esters is 2. The minimum absolute atomic E-state index is 0.0752. The van der Waals surface area contributed by atoms with E-state index in [9.17, 15) is 19.2 Å². The highest BCUT2D eigenvalue weighted by Crippen LogP contribution is 2.33. The summed E-state index contributed by atoms with van der Waals surface area (Å²) >= 11 is 6.14. The molecule has 1 aliphatic heterocycles. The summed E-state index contributed by atoms with van der Waals surface area (Å²) in [5, 5.41) is 0.252. The fourth-order valence-corrected chi connectivity index (χ4v) is 3.59. The number of carbonyl (C=O) groups is 4. The van der Waals surface area contributed by atoms with Gasteiger partial charge in [0.2, 0.25) is 0 Å². The van der Waals surface area contributed by atoms with Crippen LogP contribution in [0.1, 0.15) is 53.0 Å². The minimum atomic E-state index is -0.724. The lowest BCUT2D eigenvalue weighted by Gasteiger charge is -2.15. The van der Waals surface area contributed by atoms with Gasteiger partial charge < -0.3 is 13.9 Å². The number of nitrogens with zero attached hydrogens (tertiary/aromatic N) is 1. The van der Waals surface area contributed by atoms with E-state index in [2.05, 4.69) is 4.74 Å². The van der Waals surface area contributed by atoms with Crippen molar-refractivity contribution in [2.24, 2.45) is 0 Å². The molecule has 0 unspecified atom stereocenters. The second-order valence-corrected chi connectivity index (χ2v) is 7.31. The smallest absolute Gasteiger partial charge is 0.341 e. The van der Waals surface area contributed by atoms with Crippen molar-refractivity contribution >= 4 is 41.0 Å². The Labute approximate surface area is 187 Å². The van der Waals surface area contributed by atoms with E-state index < -0.39 is 23.8 Å². The zero-order valence-corrected chi connectivity index (χ0v) is 17.8. The second-order valence-electron chi connectivity index (χ2n) is 6.91. The number of imide groups is 1. The molecule has 0 saturated heterocycles. The van der Waals surface area contributed by atoms with Crippen LogP contribution in [-0.2, 0) is 16.1 Å². The van der Waals surface area contributed by atoms with E-state index in [1.807, 2.05) is 0 Å². The molecule has 32 heavy (non-hydrogen) atoms. The fraction of sp³-hybridized carbons (Fsp3) is 0.130. The Morgan fingerprint density at radius 2 is 1.72 bits per heavy atom. The van der Waals surface area contributed by atoms with Gasteiger partial charge in [-0.25, -0.2) is 14.5 Å². The predicted octanol–water partition coefficient (Wildman–Crippen LogP) is 4.19. The topological polar surface area (TPSA) is 103 Å². The summed E-state index contributed by atoms with van der Waals surface area (Å²) in [6.45, 7) is 1.36. The number of anilines is 1. The zero-order valence-electron chi connectivity index (χ0n) is 17.0. The van der Waals surface area contributed by atoms with E-state index in [4.69, 9.17) is 20.8 Å². The number of furan rings is 1. The SMILES string of the molecule is COC(=O)c1cc(COC(=O)c2ccc3c(c2)C(=O)N(c2ccccc2Cl)C3=O)oc1C. The minimum Gasteiger partial charge on any atom is -0.465 e. The monoisotopic (exact) mass is 453 g/mol. The van der Waals surface area contributed by atoms with Gasteiger partial charge in [-0.05, 0) is 43.3 Å². The molecule has 2 amide bonds. The molecule has 1 aromatic heterocycles. The van der Waals surface area contributed by atoms with Crippen LogP contribution in [0.5, 0.6) is 0 Å². The van der Waals surface area contributed by atoms with Gasteiger partial charge in [-0.15, -0.1) is 0 Å². The van der Waals surface area contributed by atoms with Crippen LogP contribution < -0.4 is 4.90 Å². The number of hydrogen-bond donors (Lipinski definition) is 0. The summed E-state index contributed by atoms with van der Waals surface area (Å²) in [4.78, 5) is 50.8. The third-order valence-corrected chi connectivity index (χ3v) is 5.25. The summed E-state index contributed by atoms with van der Waals surface area (Å²) in [7, 11) is 1.25. The number of benzene rings is 2. The maximum Gasteiger partial charge on any atom is 0.341 e. The first-order valence-electron chi connectivity index (χ1n) is 9.44. The standard InChI is InChI=1S/C23H16ClNO7/c1-12-16(23(29)30-2)10-14(32-12)11-31-22(28)13-7-8-15-17(9-13)21(27)25(20(15)26)19-6-4-3-5-18(19)24/h3-10H,11H2,1-2H3.